The van der Waals surface area contributed by atoms with Crippen molar-refractivity contribution in [1.82, 2.24) is 9.80 Å². The van der Waals surface area contributed by atoms with Gasteiger partial charge < -0.3 is 24.4 Å². The number of methoxy groups -OCH3 is 1. The monoisotopic (exact) mass is 465 g/mol. The molecule has 1 fully saturated rings. The minimum Gasteiger partial charge on any atom is -0.494 e. The number of rotatable bonds is 7. The van der Waals surface area contributed by atoms with Crippen LogP contribution in [0.1, 0.15) is 5.56 Å². The van der Waals surface area contributed by atoms with Crippen LogP contribution >= 0.6 is 0 Å². The second-order valence-electron chi connectivity index (χ2n) is 7.75. The van der Waals surface area contributed by atoms with Gasteiger partial charge in [-0.2, -0.15) is 5.26 Å². The van der Waals surface area contributed by atoms with Crippen molar-refractivity contribution in [2.45, 2.75) is 6.54 Å². The van der Waals surface area contributed by atoms with Crippen LogP contribution in [-0.4, -0.2) is 60.7 Å². The first-order valence-corrected chi connectivity index (χ1v) is 10.6. The molecule has 1 amide bonds. The van der Waals surface area contributed by atoms with Crippen LogP contribution in [0.4, 0.5) is 11.4 Å². The molecule has 2 aliphatic heterocycles. The van der Waals surface area contributed by atoms with Crippen molar-refractivity contribution >= 4 is 17.3 Å². The Labute approximate surface area is 195 Å². The Morgan fingerprint density at radius 2 is 1.97 bits per heavy atom. The molecule has 0 radical (unpaired) electrons. The van der Waals surface area contributed by atoms with Gasteiger partial charge in [0.25, 0.3) is 11.6 Å². The number of carbonyl (C=O) groups is 1. The molecule has 1 N–H and O–H groups in total. The normalized spacial score (nSPS) is 15.5. The number of nitrogens with one attached hydrogen (secondary N) is 1. The van der Waals surface area contributed by atoms with Gasteiger partial charge >= 0.3 is 0 Å². The fraction of sp³-hybridized carbons (Fsp3) is 0.304. The van der Waals surface area contributed by atoms with E-state index in [9.17, 15) is 20.2 Å². The average Bonchev–Trinajstić information content (AvgIpc) is 3.31. The SMILES string of the molecule is COc1cc([N+](=O)[O-])ccc1NC(=O)/C(C#N)=C\N1CCN(Cc2ccc3c(c2)OCO3)CC1. The Morgan fingerprint density at radius 1 is 1.21 bits per heavy atom. The fourth-order valence-corrected chi connectivity index (χ4v) is 3.76. The smallest absolute Gasteiger partial charge is 0.273 e. The summed E-state index contributed by atoms with van der Waals surface area (Å²) in [5, 5.41) is 23.0. The van der Waals surface area contributed by atoms with Gasteiger partial charge in [-0.3, -0.25) is 19.8 Å². The maximum absolute atomic E-state index is 12.7. The lowest BCUT2D eigenvalue weighted by Gasteiger charge is -2.34. The molecule has 0 aliphatic carbocycles. The predicted molar refractivity (Wildman–Crippen MR) is 121 cm³/mol. The molecule has 34 heavy (non-hydrogen) atoms. The summed E-state index contributed by atoms with van der Waals surface area (Å²) in [7, 11) is 1.35. The van der Waals surface area contributed by atoms with Crippen LogP contribution in [-0.2, 0) is 11.3 Å². The molecule has 0 atom stereocenters. The quantitative estimate of drug-likeness (QED) is 0.284. The first kappa shape index (κ1) is 22.9. The molecule has 2 aromatic carbocycles. The van der Waals surface area contributed by atoms with E-state index in [2.05, 4.69) is 10.2 Å². The van der Waals surface area contributed by atoms with Gasteiger partial charge in [0.15, 0.2) is 11.5 Å². The zero-order chi connectivity index (χ0) is 24.1. The molecule has 1 saturated heterocycles. The predicted octanol–water partition coefficient (Wildman–Crippen LogP) is 2.50. The summed E-state index contributed by atoms with van der Waals surface area (Å²) in [4.78, 5) is 27.3. The van der Waals surface area contributed by atoms with Crippen molar-refractivity contribution < 1.29 is 23.9 Å². The van der Waals surface area contributed by atoms with Crippen molar-refractivity contribution in [2.24, 2.45) is 0 Å². The zero-order valence-electron chi connectivity index (χ0n) is 18.5. The van der Waals surface area contributed by atoms with Gasteiger partial charge in [0.05, 0.1) is 23.8 Å². The molecular formula is C23H23N5O6. The van der Waals surface area contributed by atoms with Crippen molar-refractivity contribution in [3.63, 3.8) is 0 Å². The number of anilines is 1. The van der Waals surface area contributed by atoms with Crippen molar-refractivity contribution in [3.05, 3.63) is 63.8 Å². The standard InChI is InChI=1S/C23H23N5O6/c1-32-21-11-18(28(30)31)3-4-19(21)25-23(29)17(12-24)14-27-8-6-26(7-9-27)13-16-2-5-20-22(10-16)34-15-33-20/h2-5,10-11,14H,6-9,13,15H2,1H3,(H,25,29)/b17-14-. The number of amides is 1. The number of nitrogens with zero attached hydrogens (tertiary/aromatic N) is 4. The second kappa shape index (κ2) is 10.1. The molecule has 0 aromatic heterocycles. The van der Waals surface area contributed by atoms with Crippen LogP contribution in [0.5, 0.6) is 17.2 Å². The van der Waals surface area contributed by atoms with Crippen LogP contribution in [0.2, 0.25) is 0 Å². The first-order valence-electron chi connectivity index (χ1n) is 10.6. The number of hydrogen-bond acceptors (Lipinski definition) is 9. The van der Waals surface area contributed by atoms with Crippen molar-refractivity contribution in [2.75, 3.05) is 45.4 Å². The molecule has 11 heteroatoms. The molecule has 11 nitrogen and oxygen atoms in total. The Balaban J connectivity index is 1.34. The number of nitro groups is 1. The van der Waals surface area contributed by atoms with E-state index in [0.29, 0.717) is 13.1 Å². The van der Waals surface area contributed by atoms with Gasteiger partial charge in [-0.25, -0.2) is 0 Å². The Kier molecular flexibility index (Phi) is 6.79. The van der Waals surface area contributed by atoms with Gasteiger partial charge in [-0.05, 0) is 23.8 Å². The largest absolute Gasteiger partial charge is 0.494 e. The Hall–Kier alpha value is -4.30. The summed E-state index contributed by atoms with van der Waals surface area (Å²) < 4.78 is 15.9. The highest BCUT2D eigenvalue weighted by molar-refractivity contribution is 6.07. The third kappa shape index (κ3) is 5.19. The lowest BCUT2D eigenvalue weighted by molar-refractivity contribution is -0.384. The number of hydrogen-bond donors (Lipinski definition) is 1. The fourth-order valence-electron chi connectivity index (χ4n) is 3.76. The summed E-state index contributed by atoms with van der Waals surface area (Å²) >= 11 is 0. The number of carbonyl (C=O) groups excluding carboxylic acids is 1. The topological polar surface area (TPSA) is 130 Å². The Bertz CT molecular complexity index is 1170. The molecule has 4 rings (SSSR count). The zero-order valence-corrected chi connectivity index (χ0v) is 18.5. The highest BCUT2D eigenvalue weighted by Gasteiger charge is 2.20. The number of benzene rings is 2. The molecule has 0 spiro atoms. The van der Waals surface area contributed by atoms with Crippen molar-refractivity contribution in [3.8, 4) is 23.3 Å². The summed E-state index contributed by atoms with van der Waals surface area (Å²) in [5.41, 5.74) is 1.14. The van der Waals surface area contributed by atoms with Crippen LogP contribution in [0.25, 0.3) is 0 Å². The van der Waals surface area contributed by atoms with E-state index in [0.717, 1.165) is 36.7 Å². The lowest BCUT2D eigenvalue weighted by atomic mass is 10.1. The van der Waals surface area contributed by atoms with Gasteiger partial charge in [0.1, 0.15) is 17.4 Å². The lowest BCUT2D eigenvalue weighted by Crippen LogP contribution is -2.43. The minimum atomic E-state index is -0.613. The maximum Gasteiger partial charge on any atom is 0.273 e. The van der Waals surface area contributed by atoms with Gasteiger partial charge in [-0.1, -0.05) is 6.07 Å². The van der Waals surface area contributed by atoms with Gasteiger partial charge in [0, 0.05) is 45.0 Å². The maximum atomic E-state index is 12.7. The number of nitro benzene ring substituents is 1. The molecule has 0 bridgehead atoms. The number of nitriles is 1. The number of non-ortho nitro benzene ring substituents is 1. The highest BCUT2D eigenvalue weighted by atomic mass is 16.7. The minimum absolute atomic E-state index is 0.0652. The average molecular weight is 465 g/mol. The molecule has 0 saturated carbocycles. The summed E-state index contributed by atoms with van der Waals surface area (Å²) in [6.45, 7) is 3.85. The second-order valence-corrected chi connectivity index (χ2v) is 7.75. The van der Waals surface area contributed by atoms with E-state index in [4.69, 9.17) is 14.2 Å². The summed E-state index contributed by atoms with van der Waals surface area (Å²) in [6, 6.07) is 11.7. The molecule has 2 aliphatic rings. The summed E-state index contributed by atoms with van der Waals surface area (Å²) in [5.74, 6) is 1.04. The number of fused-ring (bicyclic) bond motifs is 1. The van der Waals surface area contributed by atoms with Gasteiger partial charge in [-0.15, -0.1) is 0 Å². The molecule has 2 aromatic rings. The third-order valence-corrected chi connectivity index (χ3v) is 5.57. The Morgan fingerprint density at radius 3 is 2.68 bits per heavy atom. The highest BCUT2D eigenvalue weighted by Crippen LogP contribution is 2.33. The van der Waals surface area contributed by atoms with E-state index >= 15 is 0 Å². The van der Waals surface area contributed by atoms with Crippen LogP contribution in [0.15, 0.2) is 48.2 Å². The first-order chi connectivity index (χ1) is 16.5. The van der Waals surface area contributed by atoms with Crippen molar-refractivity contribution in [1.29, 1.82) is 5.26 Å². The van der Waals surface area contributed by atoms with E-state index in [-0.39, 0.29) is 29.5 Å². The van der Waals surface area contributed by atoms with E-state index in [1.807, 2.05) is 29.2 Å². The molecule has 176 valence electrons. The number of piperazine rings is 1. The van der Waals surface area contributed by atoms with Crippen LogP contribution in [0.3, 0.4) is 0 Å². The molecular weight excluding hydrogens is 442 g/mol. The van der Waals surface area contributed by atoms with Crippen LogP contribution in [0, 0.1) is 21.4 Å². The van der Waals surface area contributed by atoms with Gasteiger partial charge in [0.2, 0.25) is 6.79 Å². The molecule has 0 unspecified atom stereocenters. The van der Waals surface area contributed by atoms with E-state index < -0.39 is 10.8 Å². The third-order valence-electron chi connectivity index (χ3n) is 5.57. The van der Waals surface area contributed by atoms with Crippen LogP contribution < -0.4 is 19.5 Å². The van der Waals surface area contributed by atoms with E-state index in [1.165, 1.54) is 25.3 Å². The number of ether oxygens (including phenoxy) is 3. The molecule has 2 heterocycles. The van der Waals surface area contributed by atoms with E-state index in [1.54, 1.807) is 6.20 Å². The summed E-state index contributed by atoms with van der Waals surface area (Å²) in [6.07, 6.45) is 1.55.